The molecule has 3 heterocycles. The molecule has 150 valence electrons. The van der Waals surface area contributed by atoms with Crippen molar-refractivity contribution < 1.29 is 0 Å². The number of thiophene rings is 1. The molecule has 1 atom stereocenters. The lowest BCUT2D eigenvalue weighted by molar-refractivity contribution is 0.561. The van der Waals surface area contributed by atoms with Crippen LogP contribution in [0.15, 0.2) is 9.95 Å². The van der Waals surface area contributed by atoms with Gasteiger partial charge >= 0.3 is 0 Å². The van der Waals surface area contributed by atoms with Crippen LogP contribution in [0.5, 0.6) is 0 Å². The summed E-state index contributed by atoms with van der Waals surface area (Å²) in [6.45, 7) is 6.44. The highest BCUT2D eigenvalue weighted by Gasteiger charge is 2.17. The number of anilines is 2. The minimum Gasteiger partial charge on any atom is -0.368 e. The molecule has 0 radical (unpaired) electrons. The number of hydrogen-bond donors (Lipinski definition) is 2. The third-order valence-corrected chi connectivity index (χ3v) is 6.43. The topological polar surface area (TPSA) is 114 Å². The number of fused-ring (bicyclic) bond motifs is 1. The minimum atomic E-state index is -0.0840. The van der Waals surface area contributed by atoms with Gasteiger partial charge in [0.2, 0.25) is 11.9 Å². The Morgan fingerprint density at radius 1 is 1.25 bits per heavy atom. The van der Waals surface area contributed by atoms with Crippen molar-refractivity contribution in [3.8, 4) is 0 Å². The monoisotopic (exact) mass is 419 g/mol. The molecule has 0 amide bonds. The van der Waals surface area contributed by atoms with Crippen LogP contribution >= 0.6 is 23.1 Å². The average Bonchev–Trinajstić information content (AvgIpc) is 2.95. The predicted octanol–water partition coefficient (Wildman–Crippen LogP) is 3.01. The fourth-order valence-corrected chi connectivity index (χ4v) is 4.61. The summed E-state index contributed by atoms with van der Waals surface area (Å²) >= 11 is 2.96. The number of thioether (sulfide) groups is 1. The molecule has 10 heteroatoms. The zero-order valence-corrected chi connectivity index (χ0v) is 18.4. The van der Waals surface area contributed by atoms with Crippen molar-refractivity contribution in [1.82, 2.24) is 24.9 Å². The Morgan fingerprint density at radius 2 is 2.00 bits per heavy atom. The third kappa shape index (κ3) is 4.44. The molecule has 0 aliphatic carbocycles. The van der Waals surface area contributed by atoms with Gasteiger partial charge in [-0.2, -0.15) is 15.0 Å². The smallest absolute Gasteiger partial charge is 0.260 e. The average molecular weight is 420 g/mol. The Kier molecular flexibility index (Phi) is 6.19. The SMILES string of the molecule is CC[C@@H](C)Cc1c(C)sc2nc(SCc3nc(N)nc(N(C)C)n3)[nH]c(=O)c12. The molecule has 3 rings (SSSR count). The first-order chi connectivity index (χ1) is 13.3. The number of aromatic nitrogens is 5. The quantitative estimate of drug-likeness (QED) is 0.444. The highest BCUT2D eigenvalue weighted by molar-refractivity contribution is 7.98. The van der Waals surface area contributed by atoms with E-state index in [1.165, 1.54) is 11.8 Å². The van der Waals surface area contributed by atoms with Gasteiger partial charge in [-0.05, 0) is 24.8 Å². The van der Waals surface area contributed by atoms with Gasteiger partial charge in [0.05, 0.1) is 11.1 Å². The zero-order chi connectivity index (χ0) is 20.4. The van der Waals surface area contributed by atoms with Crippen molar-refractivity contribution in [3.63, 3.8) is 0 Å². The normalized spacial score (nSPS) is 12.5. The number of aryl methyl sites for hydroxylation is 1. The maximum absolute atomic E-state index is 12.7. The number of aromatic amines is 1. The number of rotatable bonds is 7. The third-order valence-electron chi connectivity index (χ3n) is 4.52. The van der Waals surface area contributed by atoms with E-state index < -0.39 is 0 Å². The van der Waals surface area contributed by atoms with Gasteiger partial charge in [0.15, 0.2) is 5.16 Å². The number of nitrogens with two attached hydrogens (primary N) is 1. The standard InChI is InChI=1S/C18H25N7OS2/c1-6-9(2)7-11-10(3)28-15-13(11)14(26)22-18(23-15)27-8-12-20-16(19)24-17(21-12)25(4)5/h9H,6-8H2,1-5H3,(H,22,23,26)(H2,19,20,21,24)/t9-/m1/s1. The molecule has 28 heavy (non-hydrogen) atoms. The molecule has 0 aliphatic rings. The van der Waals surface area contributed by atoms with Crippen LogP contribution in [0.2, 0.25) is 0 Å². The summed E-state index contributed by atoms with van der Waals surface area (Å²) in [5.74, 6) is 2.19. The highest BCUT2D eigenvalue weighted by Crippen LogP contribution is 2.31. The van der Waals surface area contributed by atoms with Crippen LogP contribution in [0.1, 0.15) is 36.5 Å². The molecule has 0 saturated carbocycles. The van der Waals surface area contributed by atoms with E-state index in [0.29, 0.717) is 28.6 Å². The molecule has 0 fully saturated rings. The van der Waals surface area contributed by atoms with E-state index >= 15 is 0 Å². The molecule has 8 nitrogen and oxygen atoms in total. The van der Waals surface area contributed by atoms with Crippen molar-refractivity contribution in [3.05, 3.63) is 26.6 Å². The Morgan fingerprint density at radius 3 is 2.68 bits per heavy atom. The Labute approximate surface area is 172 Å². The summed E-state index contributed by atoms with van der Waals surface area (Å²) in [7, 11) is 3.68. The summed E-state index contributed by atoms with van der Waals surface area (Å²) in [5.41, 5.74) is 6.81. The molecular weight excluding hydrogens is 394 g/mol. The van der Waals surface area contributed by atoms with E-state index in [1.54, 1.807) is 16.2 Å². The van der Waals surface area contributed by atoms with Crippen LogP contribution in [0.4, 0.5) is 11.9 Å². The van der Waals surface area contributed by atoms with Crippen LogP contribution < -0.4 is 16.2 Å². The lowest BCUT2D eigenvalue weighted by Crippen LogP contribution is -2.16. The van der Waals surface area contributed by atoms with Crippen molar-refractivity contribution in [1.29, 1.82) is 0 Å². The molecule has 0 saturated heterocycles. The number of nitrogen functional groups attached to an aromatic ring is 1. The van der Waals surface area contributed by atoms with Gasteiger partial charge in [-0.3, -0.25) is 4.79 Å². The van der Waals surface area contributed by atoms with Gasteiger partial charge in [0.25, 0.3) is 5.56 Å². The summed E-state index contributed by atoms with van der Waals surface area (Å²) in [6.07, 6.45) is 1.98. The zero-order valence-electron chi connectivity index (χ0n) is 16.7. The molecule has 0 spiro atoms. The van der Waals surface area contributed by atoms with E-state index in [9.17, 15) is 4.79 Å². The second kappa shape index (κ2) is 8.44. The molecule has 3 N–H and O–H groups in total. The van der Waals surface area contributed by atoms with Crippen LogP contribution in [-0.2, 0) is 12.2 Å². The van der Waals surface area contributed by atoms with Gasteiger partial charge in [-0.1, -0.05) is 32.0 Å². The van der Waals surface area contributed by atoms with Crippen molar-refractivity contribution in [2.75, 3.05) is 24.7 Å². The van der Waals surface area contributed by atoms with E-state index in [2.05, 4.69) is 45.7 Å². The minimum absolute atomic E-state index is 0.0840. The van der Waals surface area contributed by atoms with Crippen LogP contribution in [0, 0.1) is 12.8 Å². The lowest BCUT2D eigenvalue weighted by atomic mass is 9.98. The molecular formula is C18H25N7OS2. The van der Waals surface area contributed by atoms with Crippen LogP contribution in [-0.4, -0.2) is 39.0 Å². The van der Waals surface area contributed by atoms with Crippen molar-refractivity contribution in [2.24, 2.45) is 5.92 Å². The van der Waals surface area contributed by atoms with Crippen LogP contribution in [0.3, 0.4) is 0 Å². The Bertz CT molecular complexity index is 1040. The lowest BCUT2D eigenvalue weighted by Gasteiger charge is -2.11. The van der Waals surface area contributed by atoms with Gasteiger partial charge in [-0.25, -0.2) is 4.98 Å². The molecule has 0 aliphatic heterocycles. The summed E-state index contributed by atoms with van der Waals surface area (Å²) in [6, 6.07) is 0. The highest BCUT2D eigenvalue weighted by atomic mass is 32.2. The van der Waals surface area contributed by atoms with Gasteiger partial charge in [-0.15, -0.1) is 11.3 Å². The molecule has 3 aromatic rings. The molecule has 0 bridgehead atoms. The van der Waals surface area contributed by atoms with Crippen molar-refractivity contribution >= 4 is 45.2 Å². The molecule has 0 aromatic carbocycles. The Hall–Kier alpha value is -2.20. The molecule has 3 aromatic heterocycles. The number of H-pyrrole nitrogens is 1. The second-order valence-corrected chi connectivity index (χ2v) is 9.17. The van der Waals surface area contributed by atoms with Gasteiger partial charge < -0.3 is 15.6 Å². The first-order valence-corrected chi connectivity index (χ1v) is 10.9. The first-order valence-electron chi connectivity index (χ1n) is 9.11. The van der Waals surface area contributed by atoms with E-state index in [4.69, 9.17) is 5.73 Å². The fraction of sp³-hybridized carbons (Fsp3) is 0.500. The van der Waals surface area contributed by atoms with Crippen LogP contribution in [0.25, 0.3) is 10.2 Å². The summed E-state index contributed by atoms with van der Waals surface area (Å²) in [4.78, 5) is 36.7. The predicted molar refractivity (Wildman–Crippen MR) is 116 cm³/mol. The first kappa shape index (κ1) is 20.5. The van der Waals surface area contributed by atoms with Crippen molar-refractivity contribution in [2.45, 2.75) is 44.5 Å². The van der Waals surface area contributed by atoms with E-state index in [1.807, 2.05) is 14.1 Å². The molecule has 0 unspecified atom stereocenters. The number of nitrogens with zero attached hydrogens (tertiary/aromatic N) is 5. The summed E-state index contributed by atoms with van der Waals surface area (Å²) in [5, 5.41) is 1.28. The van der Waals surface area contributed by atoms with E-state index in [-0.39, 0.29) is 11.5 Å². The number of nitrogens with one attached hydrogen (secondary N) is 1. The van der Waals surface area contributed by atoms with E-state index in [0.717, 1.165) is 33.5 Å². The maximum atomic E-state index is 12.7. The second-order valence-electron chi connectivity index (χ2n) is 7.00. The van der Waals surface area contributed by atoms with Gasteiger partial charge in [0.1, 0.15) is 10.7 Å². The Balaban J connectivity index is 1.86. The maximum Gasteiger partial charge on any atom is 0.260 e. The van der Waals surface area contributed by atoms with Gasteiger partial charge in [0, 0.05) is 19.0 Å². The largest absolute Gasteiger partial charge is 0.368 e. The number of hydrogen-bond acceptors (Lipinski definition) is 9. The fourth-order valence-electron chi connectivity index (χ4n) is 2.78. The summed E-state index contributed by atoms with van der Waals surface area (Å²) < 4.78 is 0.